The Morgan fingerprint density at radius 2 is 1.81 bits per heavy atom. The average molecular weight is 380 g/mol. The Morgan fingerprint density at radius 3 is 2.48 bits per heavy atom. The SMILES string of the molecule is Cc1ccc(-n2c(-c3ccccc3)cnc2SCCC(=O)NC(N)=O)cc1. The first kappa shape index (κ1) is 18.7. The maximum Gasteiger partial charge on any atom is 0.318 e. The highest BCUT2D eigenvalue weighted by atomic mass is 32.2. The lowest BCUT2D eigenvalue weighted by Crippen LogP contribution is -2.35. The number of benzene rings is 2. The largest absolute Gasteiger partial charge is 0.351 e. The fraction of sp³-hybridized carbons (Fsp3) is 0.150. The van der Waals surface area contributed by atoms with Gasteiger partial charge in [0.25, 0.3) is 0 Å². The molecule has 0 atom stereocenters. The first-order chi connectivity index (χ1) is 13.0. The summed E-state index contributed by atoms with van der Waals surface area (Å²) in [6.45, 7) is 2.04. The molecule has 0 spiro atoms. The van der Waals surface area contributed by atoms with Gasteiger partial charge >= 0.3 is 6.03 Å². The topological polar surface area (TPSA) is 90.0 Å². The molecule has 3 aromatic rings. The summed E-state index contributed by atoms with van der Waals surface area (Å²) in [6.07, 6.45) is 2.01. The highest BCUT2D eigenvalue weighted by Gasteiger charge is 2.15. The number of nitrogens with two attached hydrogens (primary N) is 1. The van der Waals surface area contributed by atoms with E-state index < -0.39 is 11.9 Å². The fourth-order valence-electron chi connectivity index (χ4n) is 2.63. The quantitative estimate of drug-likeness (QED) is 0.640. The molecule has 0 saturated carbocycles. The van der Waals surface area contributed by atoms with Crippen molar-refractivity contribution in [3.63, 3.8) is 0 Å². The van der Waals surface area contributed by atoms with Gasteiger partial charge in [-0.2, -0.15) is 0 Å². The lowest BCUT2D eigenvalue weighted by molar-refractivity contribution is -0.119. The van der Waals surface area contributed by atoms with Crippen molar-refractivity contribution in [3.05, 3.63) is 66.4 Å². The maximum absolute atomic E-state index is 11.6. The molecule has 27 heavy (non-hydrogen) atoms. The Labute approximate surface area is 161 Å². The molecular formula is C20H20N4O2S. The number of hydrogen-bond donors (Lipinski definition) is 2. The Bertz CT molecular complexity index is 936. The van der Waals surface area contributed by atoms with Crippen molar-refractivity contribution in [2.75, 3.05) is 5.75 Å². The van der Waals surface area contributed by atoms with E-state index in [-0.39, 0.29) is 6.42 Å². The minimum atomic E-state index is -0.836. The molecule has 3 N–H and O–H groups in total. The second-order valence-electron chi connectivity index (χ2n) is 5.97. The van der Waals surface area contributed by atoms with Crippen LogP contribution in [0.15, 0.2) is 66.0 Å². The van der Waals surface area contributed by atoms with Gasteiger partial charge in [0.1, 0.15) is 0 Å². The van der Waals surface area contributed by atoms with Gasteiger partial charge in [-0.3, -0.25) is 14.7 Å². The molecule has 6 nitrogen and oxygen atoms in total. The summed E-state index contributed by atoms with van der Waals surface area (Å²) in [7, 11) is 0. The third-order valence-electron chi connectivity index (χ3n) is 3.91. The van der Waals surface area contributed by atoms with Crippen LogP contribution in [0.5, 0.6) is 0 Å². The third-order valence-corrected chi connectivity index (χ3v) is 4.87. The summed E-state index contributed by atoms with van der Waals surface area (Å²) in [5.41, 5.74) is 9.18. The van der Waals surface area contributed by atoms with Crippen molar-refractivity contribution >= 4 is 23.7 Å². The molecule has 0 bridgehead atoms. The van der Waals surface area contributed by atoms with E-state index in [0.717, 1.165) is 22.1 Å². The molecule has 7 heteroatoms. The Kier molecular flexibility index (Phi) is 5.93. The third kappa shape index (κ3) is 4.77. The lowest BCUT2D eigenvalue weighted by Gasteiger charge is -2.12. The second kappa shape index (κ2) is 8.55. The second-order valence-corrected chi connectivity index (χ2v) is 7.04. The number of thioether (sulfide) groups is 1. The summed E-state index contributed by atoms with van der Waals surface area (Å²) < 4.78 is 2.07. The molecule has 0 aliphatic rings. The molecule has 2 aromatic carbocycles. The number of aromatic nitrogens is 2. The molecule has 138 valence electrons. The van der Waals surface area contributed by atoms with E-state index in [4.69, 9.17) is 5.73 Å². The first-order valence-corrected chi connectivity index (χ1v) is 9.45. The van der Waals surface area contributed by atoms with Gasteiger partial charge in [0.05, 0.1) is 11.9 Å². The average Bonchev–Trinajstić information content (AvgIpc) is 3.06. The van der Waals surface area contributed by atoms with E-state index in [9.17, 15) is 9.59 Å². The van der Waals surface area contributed by atoms with Gasteiger partial charge < -0.3 is 5.73 Å². The zero-order valence-electron chi connectivity index (χ0n) is 14.9. The van der Waals surface area contributed by atoms with E-state index in [1.54, 1.807) is 0 Å². The van der Waals surface area contributed by atoms with Gasteiger partial charge in [-0.1, -0.05) is 59.8 Å². The number of hydrogen-bond acceptors (Lipinski definition) is 4. The number of aryl methyl sites for hydroxylation is 1. The highest BCUT2D eigenvalue weighted by molar-refractivity contribution is 7.99. The number of imide groups is 1. The van der Waals surface area contributed by atoms with E-state index >= 15 is 0 Å². The predicted octanol–water partition coefficient (Wildman–Crippen LogP) is 3.52. The van der Waals surface area contributed by atoms with Crippen LogP contribution in [0.4, 0.5) is 4.79 Å². The van der Waals surface area contributed by atoms with Gasteiger partial charge in [-0.05, 0) is 19.1 Å². The summed E-state index contributed by atoms with van der Waals surface area (Å²) in [5, 5.41) is 2.85. The first-order valence-electron chi connectivity index (χ1n) is 8.47. The highest BCUT2D eigenvalue weighted by Crippen LogP contribution is 2.30. The number of imidazole rings is 1. The Hall–Kier alpha value is -3.06. The molecule has 0 radical (unpaired) electrons. The summed E-state index contributed by atoms with van der Waals surface area (Å²) in [6, 6.07) is 17.4. The molecule has 3 rings (SSSR count). The van der Waals surface area contributed by atoms with Crippen LogP contribution in [-0.4, -0.2) is 27.2 Å². The van der Waals surface area contributed by atoms with Gasteiger partial charge in [0, 0.05) is 23.4 Å². The summed E-state index contributed by atoms with van der Waals surface area (Å²) in [5.74, 6) is 0.0858. The van der Waals surface area contributed by atoms with Crippen molar-refractivity contribution in [1.82, 2.24) is 14.9 Å². The number of urea groups is 1. The fourth-order valence-corrected chi connectivity index (χ4v) is 3.56. The molecule has 0 fully saturated rings. The lowest BCUT2D eigenvalue weighted by atomic mass is 10.1. The minimum Gasteiger partial charge on any atom is -0.351 e. The molecule has 1 aromatic heterocycles. The van der Waals surface area contributed by atoms with Gasteiger partial charge in [-0.15, -0.1) is 0 Å². The molecule has 3 amide bonds. The van der Waals surface area contributed by atoms with Gasteiger partial charge in [0.15, 0.2) is 5.16 Å². The number of carbonyl (C=O) groups excluding carboxylic acids is 2. The number of nitrogens with zero attached hydrogens (tertiary/aromatic N) is 2. The van der Waals surface area contributed by atoms with Crippen LogP contribution in [0, 0.1) is 6.92 Å². The molecule has 0 aliphatic carbocycles. The van der Waals surface area contributed by atoms with Crippen molar-refractivity contribution in [2.24, 2.45) is 5.73 Å². The molecule has 0 aliphatic heterocycles. The smallest absolute Gasteiger partial charge is 0.318 e. The van der Waals surface area contributed by atoms with Crippen LogP contribution in [-0.2, 0) is 4.79 Å². The van der Waals surface area contributed by atoms with Gasteiger partial charge in [0.2, 0.25) is 5.91 Å². The van der Waals surface area contributed by atoms with E-state index in [2.05, 4.69) is 27.0 Å². The summed E-state index contributed by atoms with van der Waals surface area (Å²) in [4.78, 5) is 26.9. The Morgan fingerprint density at radius 1 is 1.11 bits per heavy atom. The Balaban J connectivity index is 1.87. The summed E-state index contributed by atoms with van der Waals surface area (Å²) >= 11 is 1.46. The zero-order valence-corrected chi connectivity index (χ0v) is 15.7. The van der Waals surface area contributed by atoms with E-state index in [0.29, 0.717) is 5.75 Å². The van der Waals surface area contributed by atoms with Crippen LogP contribution in [0.1, 0.15) is 12.0 Å². The predicted molar refractivity (Wildman–Crippen MR) is 107 cm³/mol. The van der Waals surface area contributed by atoms with Crippen molar-refractivity contribution in [1.29, 1.82) is 0 Å². The zero-order chi connectivity index (χ0) is 19.2. The monoisotopic (exact) mass is 380 g/mol. The normalized spacial score (nSPS) is 10.6. The van der Waals surface area contributed by atoms with Crippen molar-refractivity contribution < 1.29 is 9.59 Å². The number of rotatable bonds is 6. The molecule has 0 saturated heterocycles. The minimum absolute atomic E-state index is 0.176. The molecule has 1 heterocycles. The molecule has 0 unspecified atom stereocenters. The van der Waals surface area contributed by atoms with Crippen LogP contribution in [0.25, 0.3) is 16.9 Å². The molecular weight excluding hydrogens is 360 g/mol. The number of nitrogens with one attached hydrogen (secondary N) is 1. The van der Waals surface area contributed by atoms with E-state index in [1.165, 1.54) is 17.3 Å². The van der Waals surface area contributed by atoms with Gasteiger partial charge in [-0.25, -0.2) is 9.78 Å². The number of primary amides is 1. The number of amides is 3. The van der Waals surface area contributed by atoms with Crippen molar-refractivity contribution in [2.45, 2.75) is 18.5 Å². The standard InChI is InChI=1S/C20H20N4O2S/c1-14-7-9-16(10-8-14)24-17(15-5-3-2-4-6-15)13-22-20(24)27-12-11-18(25)23-19(21)26/h2-10,13H,11-12H2,1H3,(H3,21,23,25,26). The maximum atomic E-state index is 11.6. The van der Waals surface area contributed by atoms with Crippen LogP contribution >= 0.6 is 11.8 Å². The van der Waals surface area contributed by atoms with Crippen LogP contribution in [0.3, 0.4) is 0 Å². The van der Waals surface area contributed by atoms with E-state index in [1.807, 2.05) is 55.6 Å². The van der Waals surface area contributed by atoms with Crippen molar-refractivity contribution in [3.8, 4) is 16.9 Å². The van der Waals surface area contributed by atoms with Crippen LogP contribution in [0.2, 0.25) is 0 Å². The van der Waals surface area contributed by atoms with Crippen LogP contribution < -0.4 is 11.1 Å². The number of carbonyl (C=O) groups is 2.